The minimum atomic E-state index is 0.878. The summed E-state index contributed by atoms with van der Waals surface area (Å²) < 4.78 is 0. The largest absolute Gasteiger partial charge is 0.319 e. The Hall–Kier alpha value is -0.0800. The molecule has 1 fully saturated rings. The van der Waals surface area contributed by atoms with Gasteiger partial charge in [0.05, 0.1) is 0 Å². The van der Waals surface area contributed by atoms with E-state index in [1.807, 2.05) is 34.7 Å². The van der Waals surface area contributed by atoms with Crippen LogP contribution in [-0.4, -0.2) is 26.7 Å². The van der Waals surface area contributed by atoms with Crippen LogP contribution >= 0.6 is 0 Å². The Morgan fingerprint density at radius 3 is 2.23 bits per heavy atom. The summed E-state index contributed by atoms with van der Waals surface area (Å²) >= 11 is 0. The highest BCUT2D eigenvalue weighted by Gasteiger charge is 2.10. The lowest BCUT2D eigenvalue weighted by atomic mass is 10.00. The Morgan fingerprint density at radius 1 is 1.23 bits per heavy atom. The molecule has 82 valence electrons. The van der Waals surface area contributed by atoms with Crippen LogP contribution in [0.25, 0.3) is 0 Å². The molecule has 1 rings (SSSR count). The molecule has 0 bridgehead atoms. The summed E-state index contributed by atoms with van der Waals surface area (Å²) in [6.45, 7) is 11.6. The van der Waals surface area contributed by atoms with Crippen LogP contribution in [0.2, 0.25) is 0 Å². The summed E-state index contributed by atoms with van der Waals surface area (Å²) in [5.41, 5.74) is 0. The van der Waals surface area contributed by atoms with Gasteiger partial charge in [0.1, 0.15) is 0 Å². The first kappa shape index (κ1) is 15.4. The fourth-order valence-corrected chi connectivity index (χ4v) is 1.39. The smallest absolute Gasteiger partial charge is 0.000837 e. The molecule has 1 aliphatic rings. The van der Waals surface area contributed by atoms with Crippen molar-refractivity contribution in [2.75, 3.05) is 26.7 Å². The van der Waals surface area contributed by atoms with Crippen LogP contribution in [-0.2, 0) is 0 Å². The summed E-state index contributed by atoms with van der Waals surface area (Å²) in [5, 5.41) is 6.58. The predicted octanol–water partition coefficient (Wildman–Crippen LogP) is 2.26. The van der Waals surface area contributed by atoms with E-state index in [2.05, 4.69) is 10.6 Å². The molecule has 2 N–H and O–H groups in total. The average molecular weight is 188 g/mol. The van der Waals surface area contributed by atoms with Crippen LogP contribution in [0, 0.1) is 5.92 Å². The van der Waals surface area contributed by atoms with E-state index >= 15 is 0 Å². The maximum absolute atomic E-state index is 3.38. The van der Waals surface area contributed by atoms with E-state index in [9.17, 15) is 0 Å². The van der Waals surface area contributed by atoms with Crippen molar-refractivity contribution in [3.05, 3.63) is 0 Å². The summed E-state index contributed by atoms with van der Waals surface area (Å²) in [6.07, 6.45) is 2.75. The third kappa shape index (κ3) is 9.84. The average Bonchev–Trinajstić information content (AvgIpc) is 2.26. The molecular formula is C11H28N2. The number of nitrogens with one attached hydrogen (secondary N) is 2. The zero-order valence-electron chi connectivity index (χ0n) is 10.1. The zero-order chi connectivity index (χ0) is 10.5. The first-order valence-electron chi connectivity index (χ1n) is 5.79. The molecule has 2 heteroatoms. The molecule has 0 aliphatic carbocycles. The van der Waals surface area contributed by atoms with Gasteiger partial charge in [0.2, 0.25) is 0 Å². The molecule has 1 unspecified atom stereocenters. The van der Waals surface area contributed by atoms with Gasteiger partial charge in [-0.25, -0.2) is 0 Å². The van der Waals surface area contributed by atoms with Crippen LogP contribution in [0.5, 0.6) is 0 Å². The SMILES string of the molecule is CC.CC.CNCC1CCCNC1. The maximum Gasteiger partial charge on any atom is -0.000837 e. The number of hydrogen-bond donors (Lipinski definition) is 2. The second-order valence-electron chi connectivity index (χ2n) is 2.77. The van der Waals surface area contributed by atoms with Gasteiger partial charge in [-0.05, 0) is 45.4 Å². The van der Waals surface area contributed by atoms with Gasteiger partial charge in [-0.2, -0.15) is 0 Å². The molecule has 0 aromatic rings. The monoisotopic (exact) mass is 188 g/mol. The van der Waals surface area contributed by atoms with E-state index in [1.165, 1.54) is 32.5 Å². The number of rotatable bonds is 2. The third-order valence-electron chi connectivity index (χ3n) is 1.89. The summed E-state index contributed by atoms with van der Waals surface area (Å²) in [6, 6.07) is 0. The Bertz CT molecular complexity index is 65.7. The fraction of sp³-hybridized carbons (Fsp3) is 1.00. The van der Waals surface area contributed by atoms with Gasteiger partial charge in [-0.15, -0.1) is 0 Å². The lowest BCUT2D eigenvalue weighted by molar-refractivity contribution is 0.368. The fourth-order valence-electron chi connectivity index (χ4n) is 1.39. The van der Waals surface area contributed by atoms with Crippen molar-refractivity contribution in [1.82, 2.24) is 10.6 Å². The second-order valence-corrected chi connectivity index (χ2v) is 2.77. The quantitative estimate of drug-likeness (QED) is 0.694. The maximum atomic E-state index is 3.38. The van der Waals surface area contributed by atoms with Crippen LogP contribution in [0.3, 0.4) is 0 Å². The van der Waals surface area contributed by atoms with E-state index in [0.717, 1.165) is 5.92 Å². The van der Waals surface area contributed by atoms with Gasteiger partial charge in [0, 0.05) is 0 Å². The van der Waals surface area contributed by atoms with E-state index < -0.39 is 0 Å². The van der Waals surface area contributed by atoms with Crippen molar-refractivity contribution >= 4 is 0 Å². The predicted molar refractivity (Wildman–Crippen MR) is 62.2 cm³/mol. The van der Waals surface area contributed by atoms with Crippen molar-refractivity contribution in [3.63, 3.8) is 0 Å². The molecule has 0 radical (unpaired) electrons. The van der Waals surface area contributed by atoms with E-state index in [1.54, 1.807) is 0 Å². The van der Waals surface area contributed by atoms with Gasteiger partial charge < -0.3 is 10.6 Å². The van der Waals surface area contributed by atoms with Crippen molar-refractivity contribution in [3.8, 4) is 0 Å². The number of hydrogen-bond acceptors (Lipinski definition) is 2. The van der Waals surface area contributed by atoms with Gasteiger partial charge in [0.15, 0.2) is 0 Å². The molecule has 2 nitrogen and oxygen atoms in total. The number of piperidine rings is 1. The first-order chi connectivity index (χ1) is 6.43. The molecule has 13 heavy (non-hydrogen) atoms. The Balaban J connectivity index is 0. The highest BCUT2D eigenvalue weighted by atomic mass is 14.9. The van der Waals surface area contributed by atoms with Crippen molar-refractivity contribution < 1.29 is 0 Å². The molecule has 0 aromatic carbocycles. The topological polar surface area (TPSA) is 24.1 Å². The Labute approximate surface area is 84.5 Å². The minimum Gasteiger partial charge on any atom is -0.319 e. The van der Waals surface area contributed by atoms with Crippen molar-refractivity contribution in [2.24, 2.45) is 5.92 Å². The van der Waals surface area contributed by atoms with Crippen LogP contribution < -0.4 is 10.6 Å². The zero-order valence-corrected chi connectivity index (χ0v) is 10.1. The molecular weight excluding hydrogens is 160 g/mol. The van der Waals surface area contributed by atoms with Crippen LogP contribution in [0.1, 0.15) is 40.5 Å². The van der Waals surface area contributed by atoms with Gasteiger partial charge in [-0.1, -0.05) is 27.7 Å². The van der Waals surface area contributed by atoms with E-state index in [0.29, 0.717) is 0 Å². The molecule has 1 saturated heterocycles. The molecule has 0 amide bonds. The van der Waals surface area contributed by atoms with Crippen molar-refractivity contribution in [1.29, 1.82) is 0 Å². The second kappa shape index (κ2) is 14.4. The summed E-state index contributed by atoms with van der Waals surface area (Å²) in [4.78, 5) is 0. The lowest BCUT2D eigenvalue weighted by Gasteiger charge is -2.21. The van der Waals surface area contributed by atoms with Crippen molar-refractivity contribution in [2.45, 2.75) is 40.5 Å². The van der Waals surface area contributed by atoms with Gasteiger partial charge in [0.25, 0.3) is 0 Å². The molecule has 0 spiro atoms. The highest BCUT2D eigenvalue weighted by molar-refractivity contribution is 4.69. The lowest BCUT2D eigenvalue weighted by Crippen LogP contribution is -2.34. The molecule has 0 aromatic heterocycles. The molecule has 1 heterocycles. The normalized spacial score (nSPS) is 20.5. The van der Waals surface area contributed by atoms with Gasteiger partial charge in [-0.3, -0.25) is 0 Å². The Morgan fingerprint density at radius 2 is 1.85 bits per heavy atom. The van der Waals surface area contributed by atoms with Crippen LogP contribution in [0.15, 0.2) is 0 Å². The minimum absolute atomic E-state index is 0.878. The molecule has 0 saturated carbocycles. The highest BCUT2D eigenvalue weighted by Crippen LogP contribution is 2.07. The first-order valence-corrected chi connectivity index (χ1v) is 5.79. The summed E-state index contributed by atoms with van der Waals surface area (Å²) in [5.74, 6) is 0.878. The van der Waals surface area contributed by atoms with Gasteiger partial charge >= 0.3 is 0 Å². The summed E-state index contributed by atoms with van der Waals surface area (Å²) in [7, 11) is 2.02. The standard InChI is InChI=1S/C7H16N2.2C2H6/c1-8-5-7-3-2-4-9-6-7;2*1-2/h7-9H,2-6H2,1H3;2*1-2H3. The van der Waals surface area contributed by atoms with Crippen LogP contribution in [0.4, 0.5) is 0 Å². The molecule has 1 atom stereocenters. The van der Waals surface area contributed by atoms with E-state index in [-0.39, 0.29) is 0 Å². The molecule has 1 aliphatic heterocycles. The van der Waals surface area contributed by atoms with E-state index in [4.69, 9.17) is 0 Å². The Kier molecular flexibility index (Phi) is 17.1. The third-order valence-corrected chi connectivity index (χ3v) is 1.89.